The summed E-state index contributed by atoms with van der Waals surface area (Å²) in [6, 6.07) is 11.2. The Kier molecular flexibility index (Phi) is 3.68. The largest absolute Gasteiger partial charge is 0.368 e. The van der Waals surface area contributed by atoms with E-state index in [4.69, 9.17) is 10.9 Å². The number of nitrogens with one attached hydrogen (secondary N) is 1. The van der Waals surface area contributed by atoms with E-state index >= 15 is 0 Å². The van der Waals surface area contributed by atoms with Gasteiger partial charge in [0.2, 0.25) is 21.9 Å². The van der Waals surface area contributed by atoms with Gasteiger partial charge in [-0.1, -0.05) is 6.07 Å². The summed E-state index contributed by atoms with van der Waals surface area (Å²) in [6.45, 7) is 0. The summed E-state index contributed by atoms with van der Waals surface area (Å²) >= 11 is 0. The highest BCUT2D eigenvalue weighted by atomic mass is 32.2. The molecule has 10 heteroatoms. The van der Waals surface area contributed by atoms with Crippen LogP contribution in [0.4, 0.5) is 17.6 Å². The van der Waals surface area contributed by atoms with E-state index in [1.54, 1.807) is 30.5 Å². The normalized spacial score (nSPS) is 11.3. The summed E-state index contributed by atoms with van der Waals surface area (Å²) in [6.07, 6.45) is 1.62. The molecule has 5 N–H and O–H groups in total. The predicted molar refractivity (Wildman–Crippen MR) is 84.7 cm³/mol. The van der Waals surface area contributed by atoms with Gasteiger partial charge in [0.05, 0.1) is 4.90 Å². The number of nitrogens with two attached hydrogens (primary N) is 2. The summed E-state index contributed by atoms with van der Waals surface area (Å²) in [5, 5.41) is 12.2. The Bertz CT molecular complexity index is 921. The van der Waals surface area contributed by atoms with E-state index in [1.165, 1.54) is 16.8 Å². The lowest BCUT2D eigenvalue weighted by atomic mass is 10.3. The Balaban J connectivity index is 1.84. The lowest BCUT2D eigenvalue weighted by Gasteiger charge is -2.03. The zero-order valence-corrected chi connectivity index (χ0v) is 12.6. The summed E-state index contributed by atoms with van der Waals surface area (Å²) in [5.74, 6) is 0.971. The van der Waals surface area contributed by atoms with E-state index in [2.05, 4.69) is 20.4 Å². The van der Waals surface area contributed by atoms with Crippen molar-refractivity contribution in [1.82, 2.24) is 19.7 Å². The van der Waals surface area contributed by atoms with Crippen molar-refractivity contribution in [3.8, 4) is 5.82 Å². The maximum absolute atomic E-state index is 11.2. The molecule has 3 aromatic rings. The number of rotatable bonds is 4. The van der Waals surface area contributed by atoms with Crippen LogP contribution in [0.25, 0.3) is 5.82 Å². The third-order valence-electron chi connectivity index (χ3n) is 2.94. The van der Waals surface area contributed by atoms with E-state index in [9.17, 15) is 8.42 Å². The Morgan fingerprint density at radius 2 is 1.83 bits per heavy atom. The zero-order chi connectivity index (χ0) is 16.4. The molecule has 0 aliphatic heterocycles. The minimum Gasteiger partial charge on any atom is -0.368 e. The molecule has 0 unspecified atom stereocenters. The van der Waals surface area contributed by atoms with Gasteiger partial charge in [-0.2, -0.15) is 9.67 Å². The van der Waals surface area contributed by atoms with E-state index in [1.807, 2.05) is 6.07 Å². The first kappa shape index (κ1) is 14.9. The fourth-order valence-corrected chi connectivity index (χ4v) is 2.40. The molecule has 0 aliphatic rings. The van der Waals surface area contributed by atoms with Crippen LogP contribution in [0.5, 0.6) is 0 Å². The molecule has 0 fully saturated rings. The van der Waals surface area contributed by atoms with Crippen molar-refractivity contribution in [3.63, 3.8) is 0 Å². The van der Waals surface area contributed by atoms with Crippen LogP contribution in [0, 0.1) is 0 Å². The van der Waals surface area contributed by atoms with Crippen molar-refractivity contribution in [2.24, 2.45) is 5.14 Å². The molecule has 3 rings (SSSR count). The molecule has 2 heterocycles. The van der Waals surface area contributed by atoms with Gasteiger partial charge in [-0.15, -0.1) is 5.10 Å². The van der Waals surface area contributed by atoms with Crippen molar-refractivity contribution in [3.05, 3.63) is 48.7 Å². The Morgan fingerprint density at radius 3 is 2.43 bits per heavy atom. The van der Waals surface area contributed by atoms with Gasteiger partial charge in [-0.25, -0.2) is 18.5 Å². The molecular weight excluding hydrogens is 318 g/mol. The number of aromatic nitrogens is 4. The van der Waals surface area contributed by atoms with Gasteiger partial charge in [0.15, 0.2) is 5.82 Å². The average molecular weight is 331 g/mol. The number of sulfonamides is 1. The first-order valence-corrected chi connectivity index (χ1v) is 8.02. The fraction of sp³-hybridized carbons (Fsp3) is 0. The summed E-state index contributed by atoms with van der Waals surface area (Å²) in [4.78, 5) is 8.25. The lowest BCUT2D eigenvalue weighted by molar-refractivity contribution is 0.598. The number of hydrogen-bond acceptors (Lipinski definition) is 7. The monoisotopic (exact) mass is 331 g/mol. The third-order valence-corrected chi connectivity index (χ3v) is 3.87. The van der Waals surface area contributed by atoms with Gasteiger partial charge < -0.3 is 11.1 Å². The van der Waals surface area contributed by atoms with Crippen molar-refractivity contribution in [2.45, 2.75) is 4.90 Å². The van der Waals surface area contributed by atoms with Gasteiger partial charge in [-0.05, 0) is 36.4 Å². The van der Waals surface area contributed by atoms with Crippen LogP contribution in [0.15, 0.2) is 53.6 Å². The van der Waals surface area contributed by atoms with Crippen LogP contribution in [0.1, 0.15) is 0 Å². The Labute approximate surface area is 132 Å². The molecule has 23 heavy (non-hydrogen) atoms. The SMILES string of the molecule is Nc1nc(Nc2ccc(S(N)(=O)=O)cc2)nn1-c1ccccn1. The second-order valence-corrected chi connectivity index (χ2v) is 6.15. The second kappa shape index (κ2) is 5.66. The number of benzene rings is 1. The van der Waals surface area contributed by atoms with Crippen LogP contribution in [-0.2, 0) is 10.0 Å². The first-order valence-electron chi connectivity index (χ1n) is 6.47. The van der Waals surface area contributed by atoms with E-state index in [-0.39, 0.29) is 16.8 Å². The quantitative estimate of drug-likeness (QED) is 0.636. The molecular formula is C13H13N7O2S. The number of nitrogens with zero attached hydrogens (tertiary/aromatic N) is 4. The summed E-state index contributed by atoms with van der Waals surface area (Å²) in [5.41, 5.74) is 6.41. The maximum atomic E-state index is 11.2. The minimum atomic E-state index is -3.72. The van der Waals surface area contributed by atoms with Gasteiger partial charge in [-0.3, -0.25) is 0 Å². The minimum absolute atomic E-state index is 0.0227. The molecule has 0 atom stereocenters. The number of primary sulfonamides is 1. The molecule has 0 bridgehead atoms. The molecule has 2 aromatic heterocycles. The van der Waals surface area contributed by atoms with Gasteiger partial charge in [0.1, 0.15) is 0 Å². The topological polar surface area (TPSA) is 142 Å². The van der Waals surface area contributed by atoms with Crippen LogP contribution in [0.2, 0.25) is 0 Å². The van der Waals surface area contributed by atoms with Crippen LogP contribution >= 0.6 is 0 Å². The number of anilines is 3. The number of hydrogen-bond donors (Lipinski definition) is 3. The highest BCUT2D eigenvalue weighted by Gasteiger charge is 2.11. The Hall–Kier alpha value is -2.98. The van der Waals surface area contributed by atoms with Gasteiger partial charge in [0, 0.05) is 11.9 Å². The third kappa shape index (κ3) is 3.27. The summed E-state index contributed by atoms with van der Waals surface area (Å²) in [7, 11) is -3.72. The fourth-order valence-electron chi connectivity index (χ4n) is 1.88. The summed E-state index contributed by atoms with van der Waals surface area (Å²) < 4.78 is 23.8. The standard InChI is InChI=1S/C13H13N7O2S/c14-12-18-13(19-20(12)11-3-1-2-8-16-11)17-9-4-6-10(7-5-9)23(15,21)22/h1-8H,(H2,15,21,22)(H3,14,17,18,19). The van der Waals surface area contributed by atoms with Gasteiger partial charge >= 0.3 is 0 Å². The van der Waals surface area contributed by atoms with Crippen LogP contribution in [0.3, 0.4) is 0 Å². The number of nitrogen functional groups attached to an aromatic ring is 1. The van der Waals surface area contributed by atoms with E-state index < -0.39 is 10.0 Å². The zero-order valence-electron chi connectivity index (χ0n) is 11.8. The lowest BCUT2D eigenvalue weighted by Crippen LogP contribution is -2.11. The average Bonchev–Trinajstić information content (AvgIpc) is 2.88. The predicted octanol–water partition coefficient (Wildman–Crippen LogP) is 0.635. The molecule has 0 saturated carbocycles. The second-order valence-electron chi connectivity index (χ2n) is 4.59. The molecule has 0 amide bonds. The molecule has 1 aromatic carbocycles. The van der Waals surface area contributed by atoms with Gasteiger partial charge in [0.25, 0.3) is 0 Å². The molecule has 0 saturated heterocycles. The maximum Gasteiger partial charge on any atom is 0.248 e. The molecule has 118 valence electrons. The molecule has 9 nitrogen and oxygen atoms in total. The van der Waals surface area contributed by atoms with E-state index in [0.717, 1.165) is 0 Å². The number of pyridine rings is 1. The van der Waals surface area contributed by atoms with Crippen molar-refractivity contribution >= 4 is 27.6 Å². The van der Waals surface area contributed by atoms with Crippen molar-refractivity contribution in [2.75, 3.05) is 11.1 Å². The highest BCUT2D eigenvalue weighted by molar-refractivity contribution is 7.89. The smallest absolute Gasteiger partial charge is 0.248 e. The van der Waals surface area contributed by atoms with E-state index in [0.29, 0.717) is 11.5 Å². The molecule has 0 spiro atoms. The Morgan fingerprint density at radius 1 is 1.09 bits per heavy atom. The van der Waals surface area contributed by atoms with Crippen LogP contribution < -0.4 is 16.2 Å². The van der Waals surface area contributed by atoms with Crippen LogP contribution in [-0.4, -0.2) is 28.2 Å². The van der Waals surface area contributed by atoms with Crippen molar-refractivity contribution < 1.29 is 8.42 Å². The van der Waals surface area contributed by atoms with Crippen molar-refractivity contribution in [1.29, 1.82) is 0 Å². The first-order chi connectivity index (χ1) is 10.9. The highest BCUT2D eigenvalue weighted by Crippen LogP contribution is 2.18. The molecule has 0 aliphatic carbocycles. The molecule has 0 radical (unpaired) electrons.